The van der Waals surface area contributed by atoms with Crippen LogP contribution in [0, 0.1) is 11.3 Å². The molecule has 0 saturated carbocycles. The molecule has 0 aliphatic carbocycles. The minimum atomic E-state index is 0. The molecular formula is C4H13N3. The first-order valence-electron chi connectivity index (χ1n) is 1.98. The summed E-state index contributed by atoms with van der Waals surface area (Å²) in [5, 5.41) is 6.73. The maximum Gasteiger partial charge on any atom is 0.0931 e. The molecular weight excluding hydrogens is 90.1 g/mol. The Hall–Kier alpha value is -0.570. The average molecular weight is 103 g/mol. The van der Waals surface area contributed by atoms with Crippen molar-refractivity contribution in [3.63, 3.8) is 0 Å². The molecule has 0 fully saturated rings. The molecule has 0 aliphatic rings. The van der Waals surface area contributed by atoms with Crippen LogP contribution in [0.1, 0.15) is 13.8 Å². The van der Waals surface area contributed by atoms with Crippen LogP contribution < -0.4 is 11.9 Å². The second-order valence-electron chi connectivity index (χ2n) is 1.61. The third-order valence-electron chi connectivity index (χ3n) is 0.622. The van der Waals surface area contributed by atoms with Crippen LogP contribution >= 0.6 is 0 Å². The van der Waals surface area contributed by atoms with E-state index < -0.39 is 0 Å². The van der Waals surface area contributed by atoms with E-state index in [1.165, 1.54) is 0 Å². The summed E-state index contributed by atoms with van der Waals surface area (Å²) in [7, 11) is 0. The Morgan fingerprint density at radius 1 is 1.57 bits per heavy atom. The minimum Gasteiger partial charge on any atom is -0.387 e. The molecule has 0 spiro atoms. The molecule has 0 amide bonds. The van der Waals surface area contributed by atoms with Gasteiger partial charge in [0.1, 0.15) is 0 Å². The second kappa shape index (κ2) is 3.61. The zero-order valence-corrected chi connectivity index (χ0v) is 4.86. The average Bonchev–Trinajstić information content (AvgIpc) is 1.36. The van der Waals surface area contributed by atoms with E-state index in [0.717, 1.165) is 0 Å². The molecule has 3 nitrogen and oxygen atoms in total. The van der Waals surface area contributed by atoms with Crippen molar-refractivity contribution in [2.45, 2.75) is 13.8 Å². The van der Waals surface area contributed by atoms with Gasteiger partial charge in [0.2, 0.25) is 0 Å². The predicted molar refractivity (Wildman–Crippen MR) is 31.8 cm³/mol. The highest BCUT2D eigenvalue weighted by atomic mass is 14.7. The number of hydrogen-bond donors (Lipinski definition) is 3. The Balaban J connectivity index is 0. The van der Waals surface area contributed by atoms with Crippen molar-refractivity contribution >= 4 is 5.84 Å². The molecule has 3 heteroatoms. The molecule has 0 radical (unpaired) electrons. The van der Waals surface area contributed by atoms with E-state index >= 15 is 0 Å². The van der Waals surface area contributed by atoms with Crippen molar-refractivity contribution in [2.24, 2.45) is 11.7 Å². The zero-order valence-electron chi connectivity index (χ0n) is 4.86. The Labute approximate surface area is 44.0 Å². The fraction of sp³-hybridized carbons (Fsp3) is 0.750. The van der Waals surface area contributed by atoms with Crippen LogP contribution in [0.5, 0.6) is 0 Å². The van der Waals surface area contributed by atoms with Crippen LogP contribution in [0.15, 0.2) is 0 Å². The summed E-state index contributed by atoms with van der Waals surface area (Å²) in [6.07, 6.45) is 0. The Morgan fingerprint density at radius 2 is 1.71 bits per heavy atom. The number of rotatable bonds is 1. The summed E-state index contributed by atoms with van der Waals surface area (Å²) in [6, 6.07) is 0. The molecule has 0 aliphatic heterocycles. The van der Waals surface area contributed by atoms with Gasteiger partial charge in [0.25, 0.3) is 0 Å². The molecule has 0 atom stereocenters. The number of amidine groups is 1. The largest absolute Gasteiger partial charge is 0.387 e. The van der Waals surface area contributed by atoms with E-state index in [9.17, 15) is 0 Å². The van der Waals surface area contributed by atoms with E-state index in [1.54, 1.807) is 0 Å². The number of nitrogens with two attached hydrogens (primary N) is 1. The Kier molecular flexibility index (Phi) is 4.99. The molecule has 0 aromatic carbocycles. The molecule has 44 valence electrons. The monoisotopic (exact) mass is 103 g/mol. The third kappa shape index (κ3) is 5.43. The minimum absolute atomic E-state index is 0. The van der Waals surface area contributed by atoms with Gasteiger partial charge in [-0.15, -0.1) is 0 Å². The second-order valence-corrected chi connectivity index (χ2v) is 1.61. The molecule has 0 heterocycles. The van der Waals surface area contributed by atoms with E-state index in [4.69, 9.17) is 11.1 Å². The van der Waals surface area contributed by atoms with Crippen LogP contribution in [-0.2, 0) is 0 Å². The van der Waals surface area contributed by atoms with Crippen molar-refractivity contribution < 1.29 is 0 Å². The van der Waals surface area contributed by atoms with E-state index in [0.29, 0.717) is 0 Å². The lowest BCUT2D eigenvalue weighted by molar-refractivity contribution is 0.865. The summed E-state index contributed by atoms with van der Waals surface area (Å²) in [6.45, 7) is 3.78. The zero-order chi connectivity index (χ0) is 5.15. The summed E-state index contributed by atoms with van der Waals surface area (Å²) < 4.78 is 0. The lowest BCUT2D eigenvalue weighted by Gasteiger charge is -1.95. The van der Waals surface area contributed by atoms with Gasteiger partial charge in [-0.3, -0.25) is 5.41 Å². The fourth-order valence-electron chi connectivity index (χ4n) is 0. The number of nitrogens with one attached hydrogen (secondary N) is 1. The van der Waals surface area contributed by atoms with Gasteiger partial charge in [-0.25, -0.2) is 0 Å². The van der Waals surface area contributed by atoms with Gasteiger partial charge >= 0.3 is 0 Å². The van der Waals surface area contributed by atoms with Gasteiger partial charge in [0.05, 0.1) is 5.84 Å². The highest BCUT2D eigenvalue weighted by Gasteiger charge is 1.91. The van der Waals surface area contributed by atoms with Crippen LogP contribution in [0.2, 0.25) is 0 Å². The standard InChI is InChI=1S/C4H10N2.H3N/c1-3(2)4(5)6;/h3H,1-2H3,(H3,5,6);1H3. The van der Waals surface area contributed by atoms with Gasteiger partial charge in [-0.05, 0) is 0 Å². The molecule has 0 aromatic rings. The molecule has 0 bridgehead atoms. The quantitative estimate of drug-likeness (QED) is 0.338. The first-order valence-corrected chi connectivity index (χ1v) is 1.98. The van der Waals surface area contributed by atoms with Crippen molar-refractivity contribution in [3.8, 4) is 0 Å². The Morgan fingerprint density at radius 3 is 1.71 bits per heavy atom. The first kappa shape index (κ1) is 9.66. The van der Waals surface area contributed by atoms with E-state index in [1.807, 2.05) is 13.8 Å². The molecule has 0 saturated heterocycles. The molecule has 0 rings (SSSR count). The van der Waals surface area contributed by atoms with Crippen LogP contribution in [0.3, 0.4) is 0 Å². The van der Waals surface area contributed by atoms with Crippen molar-refractivity contribution in [3.05, 3.63) is 0 Å². The van der Waals surface area contributed by atoms with Crippen molar-refractivity contribution in [2.75, 3.05) is 0 Å². The predicted octanol–water partition coefficient (Wildman–Crippen LogP) is 0.740. The van der Waals surface area contributed by atoms with Gasteiger partial charge in [0.15, 0.2) is 0 Å². The first-order chi connectivity index (χ1) is 2.64. The van der Waals surface area contributed by atoms with Gasteiger partial charge < -0.3 is 11.9 Å². The van der Waals surface area contributed by atoms with E-state index in [2.05, 4.69) is 0 Å². The summed E-state index contributed by atoms with van der Waals surface area (Å²) in [4.78, 5) is 0. The SMILES string of the molecule is CC(C)C(=N)N.N. The maximum absolute atomic E-state index is 6.73. The summed E-state index contributed by atoms with van der Waals surface area (Å²) >= 11 is 0. The normalized spacial score (nSPS) is 7.86. The molecule has 0 aromatic heterocycles. The van der Waals surface area contributed by atoms with Crippen molar-refractivity contribution in [1.82, 2.24) is 6.15 Å². The third-order valence-corrected chi connectivity index (χ3v) is 0.622. The summed E-state index contributed by atoms with van der Waals surface area (Å²) in [5.74, 6) is 0.472. The van der Waals surface area contributed by atoms with Gasteiger partial charge in [-0.2, -0.15) is 0 Å². The van der Waals surface area contributed by atoms with Crippen LogP contribution in [-0.4, -0.2) is 5.84 Å². The van der Waals surface area contributed by atoms with Crippen LogP contribution in [0.25, 0.3) is 0 Å². The highest BCUT2D eigenvalue weighted by molar-refractivity contribution is 5.78. The maximum atomic E-state index is 6.73. The lowest BCUT2D eigenvalue weighted by Crippen LogP contribution is -2.16. The van der Waals surface area contributed by atoms with E-state index in [-0.39, 0.29) is 17.9 Å². The van der Waals surface area contributed by atoms with Gasteiger partial charge in [-0.1, -0.05) is 13.8 Å². The lowest BCUT2D eigenvalue weighted by atomic mass is 10.2. The molecule has 7 heavy (non-hydrogen) atoms. The fourth-order valence-corrected chi connectivity index (χ4v) is 0. The Bertz CT molecular complexity index is 58.0. The number of hydrogen-bond acceptors (Lipinski definition) is 2. The smallest absolute Gasteiger partial charge is 0.0931 e. The topological polar surface area (TPSA) is 84.9 Å². The van der Waals surface area contributed by atoms with Gasteiger partial charge in [0, 0.05) is 5.92 Å². The highest BCUT2D eigenvalue weighted by Crippen LogP contribution is 1.85. The molecule has 6 N–H and O–H groups in total. The summed E-state index contributed by atoms with van der Waals surface area (Å²) in [5.41, 5.74) is 5.02. The van der Waals surface area contributed by atoms with Crippen molar-refractivity contribution in [1.29, 1.82) is 5.41 Å². The van der Waals surface area contributed by atoms with Crippen LogP contribution in [0.4, 0.5) is 0 Å². The molecule has 0 unspecified atom stereocenters.